The number of hydrogen-bond acceptors (Lipinski definition) is 6. The van der Waals surface area contributed by atoms with Crippen molar-refractivity contribution in [3.8, 4) is 11.4 Å². The van der Waals surface area contributed by atoms with E-state index in [2.05, 4.69) is 29.8 Å². The Bertz CT molecular complexity index is 1040. The Morgan fingerprint density at radius 3 is 2.79 bits per heavy atom. The summed E-state index contributed by atoms with van der Waals surface area (Å²) in [6.45, 7) is 0.907. The van der Waals surface area contributed by atoms with Crippen molar-refractivity contribution < 1.29 is 14.3 Å². The molecule has 0 atom stereocenters. The Labute approximate surface area is 167 Å². The van der Waals surface area contributed by atoms with Crippen LogP contribution in [-0.2, 0) is 17.7 Å². The van der Waals surface area contributed by atoms with Crippen LogP contribution in [0.15, 0.2) is 42.6 Å². The van der Waals surface area contributed by atoms with E-state index in [1.54, 1.807) is 0 Å². The van der Waals surface area contributed by atoms with E-state index in [0.29, 0.717) is 11.3 Å². The summed E-state index contributed by atoms with van der Waals surface area (Å²) >= 11 is 0. The molecular formula is C21H21N5O3. The van der Waals surface area contributed by atoms with Crippen LogP contribution >= 0.6 is 0 Å². The van der Waals surface area contributed by atoms with E-state index in [0.717, 1.165) is 43.0 Å². The van der Waals surface area contributed by atoms with Gasteiger partial charge in [0.2, 0.25) is 0 Å². The predicted molar refractivity (Wildman–Crippen MR) is 107 cm³/mol. The number of rotatable bonds is 4. The minimum atomic E-state index is -0.496. The number of fused-ring (bicyclic) bond motifs is 1. The number of carbonyl (C=O) groups excluding carboxylic acids is 2. The number of pyridine rings is 1. The maximum absolute atomic E-state index is 12.5. The molecule has 0 unspecified atom stereocenters. The minimum absolute atomic E-state index is 0.208. The molecule has 3 heterocycles. The third-order valence-corrected chi connectivity index (χ3v) is 4.91. The lowest BCUT2D eigenvalue weighted by Crippen LogP contribution is -2.14. The normalized spacial score (nSPS) is 13.3. The predicted octanol–water partition coefficient (Wildman–Crippen LogP) is 3.11. The van der Waals surface area contributed by atoms with Gasteiger partial charge in [-0.05, 0) is 37.1 Å². The van der Waals surface area contributed by atoms with Crippen LogP contribution in [0.3, 0.4) is 0 Å². The van der Waals surface area contributed by atoms with Gasteiger partial charge in [0, 0.05) is 30.4 Å². The molecule has 1 aromatic carbocycles. The fraction of sp³-hybridized carbons (Fsp3) is 0.286. The molecule has 1 aliphatic heterocycles. The lowest BCUT2D eigenvalue weighted by atomic mass is 10.1. The lowest BCUT2D eigenvalue weighted by molar-refractivity contribution is 0.0600. The van der Waals surface area contributed by atoms with Crippen molar-refractivity contribution in [3.63, 3.8) is 0 Å². The van der Waals surface area contributed by atoms with Gasteiger partial charge in [0.15, 0.2) is 5.82 Å². The number of aromatic nitrogens is 4. The molecule has 0 radical (unpaired) electrons. The smallest absolute Gasteiger partial charge is 0.339 e. The number of hydrogen-bond donors (Lipinski definition) is 1. The summed E-state index contributed by atoms with van der Waals surface area (Å²) in [7, 11) is 1.30. The zero-order valence-electron chi connectivity index (χ0n) is 16.1. The zero-order valence-corrected chi connectivity index (χ0v) is 16.1. The van der Waals surface area contributed by atoms with Gasteiger partial charge in [-0.2, -0.15) is 0 Å². The maximum atomic E-state index is 12.5. The number of anilines is 1. The molecule has 29 heavy (non-hydrogen) atoms. The first kappa shape index (κ1) is 18.8. The van der Waals surface area contributed by atoms with Crippen LogP contribution in [0.4, 0.5) is 5.69 Å². The van der Waals surface area contributed by atoms with E-state index >= 15 is 0 Å². The summed E-state index contributed by atoms with van der Waals surface area (Å²) in [5.74, 6) is 0.976. The summed E-state index contributed by atoms with van der Waals surface area (Å²) in [6.07, 6.45) is 5.71. The largest absolute Gasteiger partial charge is 0.465 e. The molecule has 148 valence electrons. The van der Waals surface area contributed by atoms with Crippen LogP contribution < -0.4 is 5.32 Å². The van der Waals surface area contributed by atoms with Crippen LogP contribution in [0.25, 0.3) is 11.4 Å². The molecule has 0 bridgehead atoms. The van der Waals surface area contributed by atoms with E-state index < -0.39 is 5.97 Å². The lowest BCUT2D eigenvalue weighted by Gasteiger charge is -2.09. The first-order valence-corrected chi connectivity index (χ1v) is 9.54. The van der Waals surface area contributed by atoms with Crippen molar-refractivity contribution >= 4 is 17.6 Å². The molecule has 1 amide bonds. The second kappa shape index (κ2) is 8.22. The maximum Gasteiger partial charge on any atom is 0.339 e. The van der Waals surface area contributed by atoms with Crippen molar-refractivity contribution in [2.75, 3.05) is 12.4 Å². The molecule has 8 nitrogen and oxygen atoms in total. The van der Waals surface area contributed by atoms with E-state index in [1.165, 1.54) is 31.9 Å². The van der Waals surface area contributed by atoms with Gasteiger partial charge >= 0.3 is 5.97 Å². The summed E-state index contributed by atoms with van der Waals surface area (Å²) in [4.78, 5) is 28.0. The highest BCUT2D eigenvalue weighted by Gasteiger charge is 2.17. The molecule has 3 aromatic rings. The average molecular weight is 391 g/mol. The van der Waals surface area contributed by atoms with Crippen molar-refractivity contribution in [3.05, 3.63) is 59.7 Å². The molecular weight excluding hydrogens is 370 g/mol. The Morgan fingerprint density at radius 2 is 2.00 bits per heavy atom. The SMILES string of the molecule is COC(=O)c1ccc(C(=O)Nc2cccc(-c3nnc4n3CCCCC4)c2)nc1. The number of nitrogens with one attached hydrogen (secondary N) is 1. The van der Waals surface area contributed by atoms with Gasteiger partial charge in [-0.15, -0.1) is 10.2 Å². The Kier molecular flexibility index (Phi) is 5.33. The van der Waals surface area contributed by atoms with Crippen molar-refractivity contribution in [1.29, 1.82) is 0 Å². The van der Waals surface area contributed by atoms with Gasteiger partial charge in [0.25, 0.3) is 5.91 Å². The molecule has 0 aliphatic carbocycles. The number of esters is 1. The Morgan fingerprint density at radius 1 is 1.10 bits per heavy atom. The van der Waals surface area contributed by atoms with E-state index in [4.69, 9.17) is 0 Å². The first-order chi connectivity index (χ1) is 14.2. The number of aryl methyl sites for hydroxylation is 1. The summed E-state index contributed by atoms with van der Waals surface area (Å²) < 4.78 is 6.80. The van der Waals surface area contributed by atoms with Gasteiger partial charge in [-0.3, -0.25) is 9.78 Å². The molecule has 1 N–H and O–H groups in total. The van der Waals surface area contributed by atoms with E-state index in [-0.39, 0.29) is 11.6 Å². The zero-order chi connectivity index (χ0) is 20.2. The number of amides is 1. The number of ether oxygens (including phenoxy) is 1. The standard InChI is InChI=1S/C21H21N5O3/c1-29-21(28)15-9-10-17(22-13-15)20(27)23-16-7-5-6-14(12-16)19-25-24-18-8-3-2-4-11-26(18)19/h5-7,9-10,12-13H,2-4,8,11H2,1H3,(H,23,27). The van der Waals surface area contributed by atoms with Gasteiger partial charge < -0.3 is 14.6 Å². The molecule has 0 spiro atoms. The van der Waals surface area contributed by atoms with E-state index in [9.17, 15) is 9.59 Å². The van der Waals surface area contributed by atoms with Gasteiger partial charge in [-0.1, -0.05) is 18.6 Å². The number of nitrogens with zero attached hydrogens (tertiary/aromatic N) is 4. The monoisotopic (exact) mass is 391 g/mol. The highest BCUT2D eigenvalue weighted by Crippen LogP contribution is 2.25. The van der Waals surface area contributed by atoms with Crippen LogP contribution in [0.2, 0.25) is 0 Å². The van der Waals surface area contributed by atoms with Crippen LogP contribution in [-0.4, -0.2) is 38.7 Å². The first-order valence-electron chi connectivity index (χ1n) is 9.54. The van der Waals surface area contributed by atoms with Crippen LogP contribution in [0, 0.1) is 0 Å². The number of methoxy groups -OCH3 is 1. The summed E-state index contributed by atoms with van der Waals surface area (Å²) in [6, 6.07) is 10.5. The fourth-order valence-corrected chi connectivity index (χ4v) is 3.40. The van der Waals surface area contributed by atoms with Crippen molar-refractivity contribution in [2.45, 2.75) is 32.2 Å². The molecule has 0 saturated heterocycles. The van der Waals surface area contributed by atoms with Gasteiger partial charge in [-0.25, -0.2) is 4.79 Å². The molecule has 1 aliphatic rings. The van der Waals surface area contributed by atoms with Crippen LogP contribution in [0.5, 0.6) is 0 Å². The molecule has 0 fully saturated rings. The molecule has 4 rings (SSSR count). The third kappa shape index (κ3) is 4.01. The van der Waals surface area contributed by atoms with Gasteiger partial charge in [0.05, 0.1) is 12.7 Å². The number of carbonyl (C=O) groups is 2. The van der Waals surface area contributed by atoms with Crippen molar-refractivity contribution in [1.82, 2.24) is 19.7 Å². The van der Waals surface area contributed by atoms with Crippen molar-refractivity contribution in [2.24, 2.45) is 0 Å². The second-order valence-electron chi connectivity index (χ2n) is 6.86. The topological polar surface area (TPSA) is 99.0 Å². The van der Waals surface area contributed by atoms with Gasteiger partial charge in [0.1, 0.15) is 11.5 Å². The third-order valence-electron chi connectivity index (χ3n) is 4.91. The van der Waals surface area contributed by atoms with Crippen LogP contribution in [0.1, 0.15) is 45.9 Å². The Balaban J connectivity index is 1.53. The number of benzene rings is 1. The highest BCUT2D eigenvalue weighted by atomic mass is 16.5. The Hall–Kier alpha value is -3.55. The summed E-state index contributed by atoms with van der Waals surface area (Å²) in [5.41, 5.74) is 2.03. The average Bonchev–Trinajstić information content (AvgIpc) is 3.01. The highest BCUT2D eigenvalue weighted by molar-refractivity contribution is 6.03. The second-order valence-corrected chi connectivity index (χ2v) is 6.86. The minimum Gasteiger partial charge on any atom is -0.465 e. The quantitative estimate of drug-likeness (QED) is 0.686. The fourth-order valence-electron chi connectivity index (χ4n) is 3.40. The summed E-state index contributed by atoms with van der Waals surface area (Å²) in [5, 5.41) is 11.5. The molecule has 0 saturated carbocycles. The van der Waals surface area contributed by atoms with E-state index in [1.807, 2.05) is 24.3 Å². The molecule has 2 aromatic heterocycles. The molecule has 8 heteroatoms.